The fourth-order valence-electron chi connectivity index (χ4n) is 3.29. The molecule has 142 valence electrons. The van der Waals surface area contributed by atoms with Crippen molar-refractivity contribution in [3.8, 4) is 0 Å². The van der Waals surface area contributed by atoms with Crippen molar-refractivity contribution in [2.24, 2.45) is 5.92 Å². The number of carbonyl (C=O) groups is 2. The Labute approximate surface area is 164 Å². The van der Waals surface area contributed by atoms with E-state index in [1.807, 2.05) is 72.5 Å². The summed E-state index contributed by atoms with van der Waals surface area (Å²) in [7, 11) is 0. The molecule has 1 aliphatic heterocycles. The first-order valence-corrected chi connectivity index (χ1v) is 10.3. The Morgan fingerprint density at radius 1 is 1.04 bits per heavy atom. The summed E-state index contributed by atoms with van der Waals surface area (Å²) in [6.45, 7) is 3.42. The predicted octanol–water partition coefficient (Wildman–Crippen LogP) is 4.32. The highest BCUT2D eigenvalue weighted by atomic mass is 32.2. The van der Waals surface area contributed by atoms with Crippen LogP contribution in [0.5, 0.6) is 0 Å². The highest BCUT2D eigenvalue weighted by Gasteiger charge is 2.32. The third kappa shape index (κ3) is 5.13. The largest absolute Gasteiger partial charge is 0.466 e. The van der Waals surface area contributed by atoms with Crippen LogP contribution in [0.4, 0.5) is 0 Å². The van der Waals surface area contributed by atoms with Crippen molar-refractivity contribution >= 4 is 23.6 Å². The molecule has 4 nitrogen and oxygen atoms in total. The van der Waals surface area contributed by atoms with Crippen LogP contribution < -0.4 is 0 Å². The van der Waals surface area contributed by atoms with Gasteiger partial charge in [0.2, 0.25) is 5.91 Å². The second-order valence-corrected chi connectivity index (χ2v) is 7.75. The first-order valence-electron chi connectivity index (χ1n) is 9.41. The van der Waals surface area contributed by atoms with E-state index in [1.165, 1.54) is 0 Å². The fraction of sp³-hybridized carbons (Fsp3) is 0.364. The van der Waals surface area contributed by atoms with Crippen LogP contribution in [0.3, 0.4) is 0 Å². The molecule has 0 aliphatic carbocycles. The molecule has 1 amide bonds. The second kappa shape index (κ2) is 9.60. The van der Waals surface area contributed by atoms with E-state index < -0.39 is 0 Å². The molecule has 1 aliphatic rings. The number of thioether (sulfide) groups is 1. The summed E-state index contributed by atoms with van der Waals surface area (Å²) in [5.74, 6) is -0.119. The summed E-state index contributed by atoms with van der Waals surface area (Å²) in [5.41, 5.74) is 1.00. The fourth-order valence-corrected chi connectivity index (χ4v) is 4.42. The molecule has 5 heteroatoms. The van der Waals surface area contributed by atoms with E-state index in [-0.39, 0.29) is 23.0 Å². The smallest absolute Gasteiger partial charge is 0.309 e. The summed E-state index contributed by atoms with van der Waals surface area (Å²) in [5, 5.41) is -0.284. The van der Waals surface area contributed by atoms with Gasteiger partial charge < -0.3 is 9.64 Å². The van der Waals surface area contributed by atoms with Gasteiger partial charge in [-0.1, -0.05) is 48.5 Å². The molecule has 0 aromatic heterocycles. The molecule has 0 unspecified atom stereocenters. The van der Waals surface area contributed by atoms with Crippen molar-refractivity contribution in [3.63, 3.8) is 0 Å². The number of rotatable bonds is 6. The van der Waals surface area contributed by atoms with Gasteiger partial charge in [-0.05, 0) is 37.5 Å². The second-order valence-electron chi connectivity index (χ2n) is 6.57. The predicted molar refractivity (Wildman–Crippen MR) is 107 cm³/mol. The van der Waals surface area contributed by atoms with Gasteiger partial charge in [-0.25, -0.2) is 0 Å². The summed E-state index contributed by atoms with van der Waals surface area (Å²) in [6.07, 6.45) is 1.34. The topological polar surface area (TPSA) is 46.6 Å². The van der Waals surface area contributed by atoms with Gasteiger partial charge in [-0.3, -0.25) is 9.59 Å². The highest BCUT2D eigenvalue weighted by molar-refractivity contribution is 8.00. The Balaban J connectivity index is 1.71. The third-order valence-corrected chi connectivity index (χ3v) is 6.00. The quantitative estimate of drug-likeness (QED) is 0.550. The van der Waals surface area contributed by atoms with Crippen molar-refractivity contribution < 1.29 is 14.3 Å². The maximum atomic E-state index is 13.3. The molecule has 0 radical (unpaired) electrons. The average molecular weight is 384 g/mol. The monoisotopic (exact) mass is 383 g/mol. The molecule has 1 fully saturated rings. The maximum absolute atomic E-state index is 13.3. The van der Waals surface area contributed by atoms with Crippen LogP contribution in [-0.4, -0.2) is 36.5 Å². The summed E-state index contributed by atoms with van der Waals surface area (Å²) < 4.78 is 5.13. The Kier molecular flexibility index (Phi) is 6.93. The van der Waals surface area contributed by atoms with Crippen LogP contribution in [0.25, 0.3) is 0 Å². The van der Waals surface area contributed by atoms with E-state index in [0.29, 0.717) is 32.5 Å². The maximum Gasteiger partial charge on any atom is 0.309 e. The standard InChI is InChI=1S/C22H25NO3S/c1-2-26-22(25)18-13-15-23(16-14-18)21(24)20(17-9-5-3-6-10-17)27-19-11-7-4-8-12-19/h3-12,18,20H,2,13-16H2,1H3/t20-/m1/s1. The summed E-state index contributed by atoms with van der Waals surface area (Å²) >= 11 is 1.58. The Morgan fingerprint density at radius 3 is 2.22 bits per heavy atom. The first-order chi connectivity index (χ1) is 13.2. The zero-order chi connectivity index (χ0) is 19.1. The molecule has 1 atom stereocenters. The Bertz CT molecular complexity index is 743. The lowest BCUT2D eigenvalue weighted by molar-refractivity contribution is -0.151. The van der Waals surface area contributed by atoms with Crippen LogP contribution in [0.15, 0.2) is 65.6 Å². The van der Waals surface area contributed by atoms with Gasteiger partial charge in [0.25, 0.3) is 0 Å². The minimum atomic E-state index is -0.284. The van der Waals surface area contributed by atoms with Gasteiger partial charge >= 0.3 is 5.97 Å². The van der Waals surface area contributed by atoms with Crippen molar-refractivity contribution in [2.45, 2.75) is 29.9 Å². The van der Waals surface area contributed by atoms with Gasteiger partial charge in [0.1, 0.15) is 5.25 Å². The number of ether oxygens (including phenoxy) is 1. The van der Waals surface area contributed by atoms with Gasteiger partial charge in [0.15, 0.2) is 0 Å². The molecular weight excluding hydrogens is 358 g/mol. The van der Waals surface area contributed by atoms with Crippen molar-refractivity contribution in [1.29, 1.82) is 0 Å². The minimum absolute atomic E-state index is 0.0917. The lowest BCUT2D eigenvalue weighted by atomic mass is 9.96. The van der Waals surface area contributed by atoms with E-state index in [1.54, 1.807) is 11.8 Å². The molecule has 0 N–H and O–H groups in total. The van der Waals surface area contributed by atoms with E-state index in [9.17, 15) is 9.59 Å². The molecule has 0 saturated carbocycles. The molecular formula is C22H25NO3S. The number of likely N-dealkylation sites (tertiary alicyclic amines) is 1. The molecule has 1 heterocycles. The number of nitrogens with zero attached hydrogens (tertiary/aromatic N) is 1. The minimum Gasteiger partial charge on any atom is -0.466 e. The molecule has 27 heavy (non-hydrogen) atoms. The van der Waals surface area contributed by atoms with Crippen LogP contribution >= 0.6 is 11.8 Å². The molecule has 2 aromatic rings. The number of esters is 1. The first kappa shape index (κ1) is 19.5. The van der Waals surface area contributed by atoms with Crippen LogP contribution in [-0.2, 0) is 14.3 Å². The molecule has 2 aromatic carbocycles. The molecule has 3 rings (SSSR count). The molecule has 1 saturated heterocycles. The van der Waals surface area contributed by atoms with Crippen molar-refractivity contribution in [3.05, 3.63) is 66.2 Å². The number of benzene rings is 2. The number of amides is 1. The van der Waals surface area contributed by atoms with Crippen LogP contribution in [0.2, 0.25) is 0 Å². The van der Waals surface area contributed by atoms with Crippen LogP contribution in [0, 0.1) is 5.92 Å². The van der Waals surface area contributed by atoms with Crippen LogP contribution in [0.1, 0.15) is 30.6 Å². The van der Waals surface area contributed by atoms with E-state index in [4.69, 9.17) is 4.74 Å². The van der Waals surface area contributed by atoms with Crippen molar-refractivity contribution in [2.75, 3.05) is 19.7 Å². The number of piperidine rings is 1. The summed E-state index contributed by atoms with van der Waals surface area (Å²) in [6, 6.07) is 19.9. The van der Waals surface area contributed by atoms with Crippen molar-refractivity contribution in [1.82, 2.24) is 4.90 Å². The molecule has 0 bridgehead atoms. The summed E-state index contributed by atoms with van der Waals surface area (Å²) in [4.78, 5) is 28.2. The van der Waals surface area contributed by atoms with Gasteiger partial charge in [0, 0.05) is 18.0 Å². The lowest BCUT2D eigenvalue weighted by Gasteiger charge is -2.33. The molecule has 0 spiro atoms. The zero-order valence-electron chi connectivity index (χ0n) is 15.5. The normalized spacial score (nSPS) is 16.0. The Morgan fingerprint density at radius 2 is 1.63 bits per heavy atom. The number of hydrogen-bond donors (Lipinski definition) is 0. The van der Waals surface area contributed by atoms with Gasteiger partial charge in [-0.15, -0.1) is 11.8 Å². The zero-order valence-corrected chi connectivity index (χ0v) is 16.4. The Hall–Kier alpha value is -2.27. The third-order valence-electron chi connectivity index (χ3n) is 4.75. The van der Waals surface area contributed by atoms with E-state index in [2.05, 4.69) is 0 Å². The average Bonchev–Trinajstić information content (AvgIpc) is 2.73. The van der Waals surface area contributed by atoms with Gasteiger partial charge in [-0.2, -0.15) is 0 Å². The van der Waals surface area contributed by atoms with Gasteiger partial charge in [0.05, 0.1) is 12.5 Å². The van der Waals surface area contributed by atoms with E-state index in [0.717, 1.165) is 10.5 Å². The SMILES string of the molecule is CCOC(=O)C1CCN(C(=O)[C@H](Sc2ccccc2)c2ccccc2)CC1. The lowest BCUT2D eigenvalue weighted by Crippen LogP contribution is -2.42. The number of hydrogen-bond acceptors (Lipinski definition) is 4. The van der Waals surface area contributed by atoms with E-state index >= 15 is 0 Å². The highest BCUT2D eigenvalue weighted by Crippen LogP contribution is 2.37. The number of carbonyl (C=O) groups excluding carboxylic acids is 2.